The van der Waals surface area contributed by atoms with Crippen LogP contribution in [0, 0.1) is 20.8 Å². The Morgan fingerprint density at radius 2 is 1.84 bits per heavy atom. The lowest BCUT2D eigenvalue weighted by molar-refractivity contribution is -0.553. The number of nitrogens with zero attached hydrogens (tertiary/aromatic N) is 6. The number of amidine groups is 1. The lowest BCUT2D eigenvalue weighted by atomic mass is 10.1. The highest BCUT2D eigenvalue weighted by molar-refractivity contribution is 6.23. The molecule has 0 N–H and O–H groups in total. The second-order valence-electron chi connectivity index (χ2n) is 7.82. The monoisotopic (exact) mass is 423 g/mol. The Bertz CT molecular complexity index is 1100. The second-order valence-corrected chi connectivity index (χ2v) is 7.82. The zero-order chi connectivity index (χ0) is 22.3. The summed E-state index contributed by atoms with van der Waals surface area (Å²) in [5.74, 6) is 0.655. The van der Waals surface area contributed by atoms with E-state index in [-0.39, 0.29) is 19.1 Å². The zero-order valence-electron chi connectivity index (χ0n) is 18.5. The number of benzene rings is 1. The van der Waals surface area contributed by atoms with Crippen molar-refractivity contribution in [1.29, 1.82) is 0 Å². The van der Waals surface area contributed by atoms with E-state index in [1.54, 1.807) is 18.8 Å². The van der Waals surface area contributed by atoms with Crippen LogP contribution in [0.3, 0.4) is 0 Å². The average Bonchev–Trinajstić information content (AvgIpc) is 3.25. The normalized spacial score (nSPS) is 18.7. The fraction of sp³-hybridized carbons (Fsp3) is 0.409. The van der Waals surface area contributed by atoms with Gasteiger partial charge in [-0.1, -0.05) is 35.3 Å². The molecule has 2 aromatic rings. The van der Waals surface area contributed by atoms with E-state index in [2.05, 4.69) is 5.10 Å². The van der Waals surface area contributed by atoms with Crippen LogP contribution in [0.25, 0.3) is 0 Å². The number of aryl methyl sites for hydroxylation is 1. The van der Waals surface area contributed by atoms with Crippen molar-refractivity contribution in [2.75, 3.05) is 27.3 Å². The van der Waals surface area contributed by atoms with Gasteiger partial charge in [0.15, 0.2) is 0 Å². The summed E-state index contributed by atoms with van der Waals surface area (Å²) in [6, 6.07) is 8.78. The van der Waals surface area contributed by atoms with Gasteiger partial charge in [0.1, 0.15) is 5.69 Å². The third-order valence-corrected chi connectivity index (χ3v) is 5.95. The van der Waals surface area contributed by atoms with E-state index in [0.717, 1.165) is 22.5 Å². The largest absolute Gasteiger partial charge is 0.421 e. The van der Waals surface area contributed by atoms with Crippen LogP contribution in [0.2, 0.25) is 0 Å². The number of ether oxygens (including phenoxy) is 1. The van der Waals surface area contributed by atoms with Crippen LogP contribution < -0.4 is 0 Å². The lowest BCUT2D eigenvalue weighted by Crippen LogP contribution is -2.63. The minimum Gasteiger partial charge on any atom is -0.383 e. The fourth-order valence-electron chi connectivity index (χ4n) is 3.92. The molecule has 3 amide bonds. The molecule has 1 aromatic carbocycles. The number of rotatable bonds is 5. The molecule has 1 atom stereocenters. The number of likely N-dealkylation sites (N-methyl/N-ethyl adjacent to an activating group) is 1. The number of methoxy groups -OCH3 is 1. The van der Waals surface area contributed by atoms with Crippen molar-refractivity contribution in [3.05, 3.63) is 52.8 Å². The fourth-order valence-corrected chi connectivity index (χ4v) is 3.92. The number of aromatic nitrogens is 2. The Morgan fingerprint density at radius 3 is 2.45 bits per heavy atom. The lowest BCUT2D eigenvalue weighted by Gasteiger charge is -2.34. The van der Waals surface area contributed by atoms with Gasteiger partial charge >= 0.3 is 12.0 Å². The summed E-state index contributed by atoms with van der Waals surface area (Å²) in [5, 5.41) is 4.66. The highest BCUT2D eigenvalue weighted by atomic mass is 16.5. The topological polar surface area (TPSA) is 83.0 Å². The molecule has 4 rings (SSSR count). The van der Waals surface area contributed by atoms with Crippen LogP contribution in [-0.4, -0.2) is 81.2 Å². The number of aliphatic imine (C=N–C) groups is 1. The SMILES string of the molecule is COCCN1C(=O)C2C(=NC(n3nc(C)c(C)c3C)=[N+]2Cc2ccccc2)N(C)C1=O. The molecule has 1 unspecified atom stereocenters. The molecule has 1 fully saturated rings. The van der Waals surface area contributed by atoms with Crippen LogP contribution in [-0.2, 0) is 16.1 Å². The number of carbonyl (C=O) groups excluding carboxylic acids is 2. The van der Waals surface area contributed by atoms with Gasteiger partial charge in [-0.3, -0.25) is 14.6 Å². The molecular formula is C22H27N6O3+. The highest BCUT2D eigenvalue weighted by Gasteiger charge is 2.53. The Morgan fingerprint density at radius 1 is 1.13 bits per heavy atom. The van der Waals surface area contributed by atoms with Crippen LogP contribution in [0.1, 0.15) is 22.5 Å². The van der Waals surface area contributed by atoms with Gasteiger partial charge in [-0.15, -0.1) is 9.78 Å². The molecule has 31 heavy (non-hydrogen) atoms. The van der Waals surface area contributed by atoms with Crippen molar-refractivity contribution in [3.8, 4) is 0 Å². The van der Waals surface area contributed by atoms with Crippen molar-refractivity contribution < 1.29 is 18.9 Å². The molecular weight excluding hydrogens is 396 g/mol. The number of hydrogen-bond donors (Lipinski definition) is 0. The predicted octanol–water partition coefficient (Wildman–Crippen LogP) is 1.55. The number of urea groups is 1. The van der Waals surface area contributed by atoms with Crippen LogP contribution >= 0.6 is 0 Å². The molecule has 3 heterocycles. The smallest absolute Gasteiger partial charge is 0.383 e. The Labute approximate surface area is 181 Å². The highest BCUT2D eigenvalue weighted by Crippen LogP contribution is 2.23. The molecule has 0 aliphatic carbocycles. The first-order chi connectivity index (χ1) is 14.8. The summed E-state index contributed by atoms with van der Waals surface area (Å²) in [6.07, 6.45) is 0. The van der Waals surface area contributed by atoms with E-state index >= 15 is 0 Å². The van der Waals surface area contributed by atoms with Crippen molar-refractivity contribution in [2.24, 2.45) is 4.99 Å². The molecule has 1 saturated heterocycles. The number of hydrogen-bond acceptors (Lipinski definition) is 5. The summed E-state index contributed by atoms with van der Waals surface area (Å²) in [6.45, 7) is 6.86. The van der Waals surface area contributed by atoms with Crippen LogP contribution in [0.4, 0.5) is 4.79 Å². The van der Waals surface area contributed by atoms with Gasteiger partial charge in [0, 0.05) is 19.7 Å². The number of carbonyl (C=O) groups is 2. The molecule has 0 radical (unpaired) electrons. The summed E-state index contributed by atoms with van der Waals surface area (Å²) in [7, 11) is 3.19. The van der Waals surface area contributed by atoms with Gasteiger partial charge in [-0.25, -0.2) is 9.37 Å². The third-order valence-electron chi connectivity index (χ3n) is 5.95. The van der Waals surface area contributed by atoms with Gasteiger partial charge in [0.25, 0.3) is 5.91 Å². The van der Waals surface area contributed by atoms with E-state index in [4.69, 9.17) is 9.73 Å². The van der Waals surface area contributed by atoms with Gasteiger partial charge in [0.05, 0.1) is 25.4 Å². The molecule has 0 spiro atoms. The van der Waals surface area contributed by atoms with E-state index in [9.17, 15) is 9.59 Å². The molecule has 2 aliphatic heterocycles. The van der Waals surface area contributed by atoms with Crippen LogP contribution in [0.15, 0.2) is 35.3 Å². The number of fused-ring (bicyclic) bond motifs is 1. The van der Waals surface area contributed by atoms with Crippen molar-refractivity contribution in [3.63, 3.8) is 0 Å². The number of amides is 3. The van der Waals surface area contributed by atoms with E-state index in [1.807, 2.05) is 55.7 Å². The molecule has 0 saturated carbocycles. The maximum absolute atomic E-state index is 13.5. The number of imide groups is 1. The average molecular weight is 423 g/mol. The molecule has 162 valence electrons. The first-order valence-corrected chi connectivity index (χ1v) is 10.2. The van der Waals surface area contributed by atoms with Gasteiger partial charge in [0.2, 0.25) is 11.9 Å². The van der Waals surface area contributed by atoms with E-state index in [0.29, 0.717) is 18.3 Å². The Hall–Kier alpha value is -3.33. The standard InChI is InChI=1S/C22H27N6O3/c1-14-15(2)24-28(16(14)3)21-23-19-18(27(21)13-17-9-7-6-8-10-17)20(29)26(11-12-31-5)22(30)25(19)4/h6-10,18H,11-13H2,1-5H3/q+1. The van der Waals surface area contributed by atoms with Crippen molar-refractivity contribution in [2.45, 2.75) is 33.4 Å². The first kappa shape index (κ1) is 20.9. The third kappa shape index (κ3) is 3.44. The first-order valence-electron chi connectivity index (χ1n) is 10.2. The quantitative estimate of drug-likeness (QED) is 0.683. The zero-order valence-corrected chi connectivity index (χ0v) is 18.5. The molecule has 1 aromatic heterocycles. The van der Waals surface area contributed by atoms with Crippen molar-refractivity contribution in [1.82, 2.24) is 19.6 Å². The van der Waals surface area contributed by atoms with Gasteiger partial charge in [-0.2, -0.15) is 0 Å². The minimum absolute atomic E-state index is 0.190. The summed E-state index contributed by atoms with van der Waals surface area (Å²) in [5.41, 5.74) is 3.95. The second kappa shape index (κ2) is 8.07. The summed E-state index contributed by atoms with van der Waals surface area (Å²) < 4.78 is 8.80. The maximum atomic E-state index is 13.5. The van der Waals surface area contributed by atoms with Crippen LogP contribution in [0.5, 0.6) is 0 Å². The van der Waals surface area contributed by atoms with Gasteiger partial charge in [-0.05, 0) is 26.3 Å². The molecule has 9 heteroatoms. The maximum Gasteiger partial charge on any atom is 0.421 e. The molecule has 0 bridgehead atoms. The van der Waals surface area contributed by atoms with E-state index in [1.165, 1.54) is 9.80 Å². The molecule has 9 nitrogen and oxygen atoms in total. The predicted molar refractivity (Wildman–Crippen MR) is 115 cm³/mol. The van der Waals surface area contributed by atoms with E-state index < -0.39 is 12.1 Å². The summed E-state index contributed by atoms with van der Waals surface area (Å²) in [4.78, 5) is 33.8. The van der Waals surface area contributed by atoms with Gasteiger partial charge < -0.3 is 4.74 Å². The summed E-state index contributed by atoms with van der Waals surface area (Å²) >= 11 is 0. The Balaban J connectivity index is 1.85. The Kier molecular flexibility index (Phi) is 5.45. The minimum atomic E-state index is -0.709. The van der Waals surface area contributed by atoms with Crippen molar-refractivity contribution >= 4 is 23.7 Å². The molecule has 2 aliphatic rings.